The van der Waals surface area contributed by atoms with E-state index in [0.29, 0.717) is 18.8 Å². The number of nitrogens with zero attached hydrogens (tertiary/aromatic N) is 4. The minimum atomic E-state index is 0.319. The van der Waals surface area contributed by atoms with E-state index in [0.717, 1.165) is 34.6 Å². The van der Waals surface area contributed by atoms with Crippen LogP contribution >= 0.6 is 15.9 Å². The van der Waals surface area contributed by atoms with Crippen LogP contribution in [0.3, 0.4) is 0 Å². The summed E-state index contributed by atoms with van der Waals surface area (Å²) in [4.78, 5) is 2.09. The number of hydrogen-bond donors (Lipinski definition) is 0. The van der Waals surface area contributed by atoms with E-state index in [4.69, 9.17) is 10.00 Å². The summed E-state index contributed by atoms with van der Waals surface area (Å²) in [5.74, 6) is 1.63. The van der Waals surface area contributed by atoms with Gasteiger partial charge in [0.25, 0.3) is 0 Å². The Morgan fingerprint density at radius 2 is 2.04 bits per heavy atom. The van der Waals surface area contributed by atoms with Gasteiger partial charge in [-0.2, -0.15) is 5.26 Å². The van der Waals surface area contributed by atoms with Gasteiger partial charge in [0.1, 0.15) is 11.8 Å². The van der Waals surface area contributed by atoms with Crippen molar-refractivity contribution in [2.45, 2.75) is 26.8 Å². The van der Waals surface area contributed by atoms with Gasteiger partial charge in [0.15, 0.2) is 11.5 Å². The lowest BCUT2D eigenvalue weighted by Gasteiger charge is -2.23. The molecule has 0 aliphatic carbocycles. The third kappa shape index (κ3) is 4.67. The molecule has 120 valence electrons. The predicted octanol–water partition coefficient (Wildman–Crippen LogP) is 3.93. The second kappa shape index (κ2) is 8.49. The normalized spacial score (nSPS) is 10.2. The van der Waals surface area contributed by atoms with Crippen molar-refractivity contribution >= 4 is 21.7 Å². The summed E-state index contributed by atoms with van der Waals surface area (Å²) < 4.78 is 6.84. The topological polar surface area (TPSA) is 62.0 Å². The van der Waals surface area contributed by atoms with Gasteiger partial charge in [-0.25, -0.2) is 0 Å². The SMILES string of the molecule is CCCOc1ccc(Br)cc1CN(CC)c1ccc(C#N)nn1. The summed E-state index contributed by atoms with van der Waals surface area (Å²) in [7, 11) is 0. The van der Waals surface area contributed by atoms with Crippen LogP contribution in [0, 0.1) is 11.3 Å². The van der Waals surface area contributed by atoms with Crippen molar-refractivity contribution in [2.75, 3.05) is 18.1 Å². The number of nitriles is 1. The van der Waals surface area contributed by atoms with E-state index in [1.165, 1.54) is 0 Å². The molecule has 23 heavy (non-hydrogen) atoms. The van der Waals surface area contributed by atoms with Crippen LogP contribution < -0.4 is 9.64 Å². The molecular weight excluding hydrogens is 356 g/mol. The van der Waals surface area contributed by atoms with Crippen LogP contribution in [0.5, 0.6) is 5.75 Å². The highest BCUT2D eigenvalue weighted by Crippen LogP contribution is 2.26. The molecule has 0 saturated heterocycles. The molecule has 0 fully saturated rings. The molecule has 1 heterocycles. The van der Waals surface area contributed by atoms with Crippen molar-refractivity contribution in [2.24, 2.45) is 0 Å². The van der Waals surface area contributed by atoms with Crippen LogP contribution in [0.4, 0.5) is 5.82 Å². The van der Waals surface area contributed by atoms with Crippen LogP contribution in [-0.2, 0) is 6.54 Å². The van der Waals surface area contributed by atoms with Crippen LogP contribution in [0.2, 0.25) is 0 Å². The molecule has 0 spiro atoms. The second-order valence-corrected chi connectivity index (χ2v) is 5.92. The number of rotatable bonds is 7. The number of halogens is 1. The Bertz CT molecular complexity index is 682. The van der Waals surface area contributed by atoms with Crippen molar-refractivity contribution in [3.05, 3.63) is 46.1 Å². The zero-order chi connectivity index (χ0) is 16.7. The summed E-state index contributed by atoms with van der Waals surface area (Å²) in [5.41, 5.74) is 1.40. The van der Waals surface area contributed by atoms with Gasteiger partial charge in [0.2, 0.25) is 0 Å². The molecular formula is C17H19BrN4O. The fourth-order valence-corrected chi connectivity index (χ4v) is 2.55. The summed E-state index contributed by atoms with van der Waals surface area (Å²) in [6.07, 6.45) is 0.966. The lowest BCUT2D eigenvalue weighted by molar-refractivity contribution is 0.314. The fourth-order valence-electron chi connectivity index (χ4n) is 2.14. The van der Waals surface area contributed by atoms with E-state index in [1.54, 1.807) is 6.07 Å². The first kappa shape index (κ1) is 17.2. The summed E-state index contributed by atoms with van der Waals surface area (Å²) in [6.45, 7) is 6.28. The zero-order valence-corrected chi connectivity index (χ0v) is 14.9. The molecule has 0 aliphatic heterocycles. The number of benzene rings is 1. The molecule has 0 atom stereocenters. The van der Waals surface area contributed by atoms with Crippen molar-refractivity contribution in [3.63, 3.8) is 0 Å². The average molecular weight is 375 g/mol. The first-order valence-corrected chi connectivity index (χ1v) is 8.37. The highest BCUT2D eigenvalue weighted by molar-refractivity contribution is 9.10. The minimum Gasteiger partial charge on any atom is -0.493 e. The Morgan fingerprint density at radius 3 is 2.65 bits per heavy atom. The predicted molar refractivity (Wildman–Crippen MR) is 93.4 cm³/mol. The Hall–Kier alpha value is -2.13. The molecule has 0 bridgehead atoms. The number of anilines is 1. The van der Waals surface area contributed by atoms with Gasteiger partial charge in [0.05, 0.1) is 6.61 Å². The summed E-state index contributed by atoms with van der Waals surface area (Å²) in [6, 6.07) is 11.5. The average Bonchev–Trinajstić information content (AvgIpc) is 2.59. The van der Waals surface area contributed by atoms with E-state index in [9.17, 15) is 0 Å². The summed E-state index contributed by atoms with van der Waals surface area (Å²) >= 11 is 3.51. The van der Waals surface area contributed by atoms with Gasteiger partial charge in [-0.15, -0.1) is 10.2 Å². The van der Waals surface area contributed by atoms with Crippen molar-refractivity contribution < 1.29 is 4.74 Å². The Kier molecular flexibility index (Phi) is 6.36. The molecule has 0 saturated carbocycles. The molecule has 0 amide bonds. The lowest BCUT2D eigenvalue weighted by atomic mass is 10.2. The molecule has 5 nitrogen and oxygen atoms in total. The zero-order valence-electron chi connectivity index (χ0n) is 13.3. The Morgan fingerprint density at radius 1 is 1.22 bits per heavy atom. The molecule has 1 aromatic carbocycles. The first-order valence-electron chi connectivity index (χ1n) is 7.58. The number of aromatic nitrogens is 2. The van der Waals surface area contributed by atoms with Crippen LogP contribution in [0.15, 0.2) is 34.8 Å². The highest BCUT2D eigenvalue weighted by Gasteiger charge is 2.12. The van der Waals surface area contributed by atoms with Gasteiger partial charge in [-0.1, -0.05) is 22.9 Å². The van der Waals surface area contributed by atoms with E-state index < -0.39 is 0 Å². The van der Waals surface area contributed by atoms with Crippen LogP contribution in [-0.4, -0.2) is 23.3 Å². The molecule has 1 aromatic heterocycles. The highest BCUT2D eigenvalue weighted by atomic mass is 79.9. The molecule has 0 aliphatic rings. The lowest BCUT2D eigenvalue weighted by Crippen LogP contribution is -2.24. The molecule has 0 unspecified atom stereocenters. The Labute approximate surface area is 145 Å². The number of hydrogen-bond acceptors (Lipinski definition) is 5. The van der Waals surface area contributed by atoms with Crippen LogP contribution in [0.1, 0.15) is 31.5 Å². The standard InChI is InChI=1S/C17H19BrN4O/c1-3-9-23-16-7-5-14(18)10-13(16)12-22(4-2)17-8-6-15(11-19)20-21-17/h5-8,10H,3-4,9,12H2,1-2H3. The first-order chi connectivity index (χ1) is 11.2. The van der Waals surface area contributed by atoms with E-state index in [-0.39, 0.29) is 0 Å². The van der Waals surface area contributed by atoms with Crippen molar-refractivity contribution in [3.8, 4) is 11.8 Å². The van der Waals surface area contributed by atoms with Gasteiger partial charge in [-0.3, -0.25) is 0 Å². The third-order valence-corrected chi connectivity index (χ3v) is 3.81. The van der Waals surface area contributed by atoms with Gasteiger partial charge in [-0.05, 0) is 43.7 Å². The maximum Gasteiger partial charge on any atom is 0.163 e. The molecule has 0 N–H and O–H groups in total. The maximum absolute atomic E-state index is 8.82. The fraction of sp³-hybridized carbons (Fsp3) is 0.353. The molecule has 6 heteroatoms. The van der Waals surface area contributed by atoms with Gasteiger partial charge < -0.3 is 9.64 Å². The monoisotopic (exact) mass is 374 g/mol. The summed E-state index contributed by atoms with van der Waals surface area (Å²) in [5, 5.41) is 16.9. The second-order valence-electron chi connectivity index (χ2n) is 5.00. The molecule has 2 rings (SSSR count). The van der Waals surface area contributed by atoms with E-state index in [2.05, 4.69) is 50.9 Å². The quantitative estimate of drug-likeness (QED) is 0.734. The Balaban J connectivity index is 2.23. The smallest absolute Gasteiger partial charge is 0.163 e. The van der Waals surface area contributed by atoms with Crippen molar-refractivity contribution in [1.82, 2.24) is 10.2 Å². The minimum absolute atomic E-state index is 0.319. The van der Waals surface area contributed by atoms with E-state index >= 15 is 0 Å². The third-order valence-electron chi connectivity index (χ3n) is 3.32. The molecule has 2 aromatic rings. The largest absolute Gasteiger partial charge is 0.493 e. The van der Waals surface area contributed by atoms with Gasteiger partial charge >= 0.3 is 0 Å². The maximum atomic E-state index is 8.82. The number of ether oxygens (including phenoxy) is 1. The van der Waals surface area contributed by atoms with Gasteiger partial charge in [0, 0.05) is 23.1 Å². The van der Waals surface area contributed by atoms with Crippen molar-refractivity contribution in [1.29, 1.82) is 5.26 Å². The van der Waals surface area contributed by atoms with Crippen LogP contribution in [0.25, 0.3) is 0 Å². The molecule has 0 radical (unpaired) electrons. The van der Waals surface area contributed by atoms with E-state index in [1.807, 2.05) is 24.3 Å².